The Kier molecular flexibility index (Phi) is 11.7. The minimum atomic E-state index is -0.596. The number of benzene rings is 1. The fourth-order valence-corrected chi connectivity index (χ4v) is 1.54. The van der Waals surface area contributed by atoms with Gasteiger partial charge in [-0.15, -0.1) is 24.8 Å². The van der Waals surface area contributed by atoms with Gasteiger partial charge in [0.05, 0.1) is 11.0 Å². The maximum atomic E-state index is 11.7. The number of unbranched alkanes of at least 4 members (excludes halogenated alkanes) is 1. The van der Waals surface area contributed by atoms with Crippen molar-refractivity contribution < 1.29 is 9.72 Å². The smallest absolute Gasteiger partial charge is 0.269 e. The van der Waals surface area contributed by atoms with Crippen molar-refractivity contribution in [3.05, 3.63) is 34.4 Å². The van der Waals surface area contributed by atoms with Gasteiger partial charge in [0.15, 0.2) is 0 Å². The van der Waals surface area contributed by atoms with Crippen LogP contribution in [0.2, 0.25) is 0 Å². The van der Waals surface area contributed by atoms with Gasteiger partial charge in [-0.2, -0.15) is 0 Å². The number of carbonyl (C=O) groups is 1. The molecule has 0 radical (unpaired) electrons. The molecule has 0 saturated carbocycles. The Bertz CT molecular complexity index is 443. The number of halogens is 2. The molecule has 7 nitrogen and oxygen atoms in total. The van der Waals surface area contributed by atoms with Gasteiger partial charge in [-0.25, -0.2) is 0 Å². The molecule has 0 aliphatic heterocycles. The average Bonchev–Trinajstić information content (AvgIpc) is 2.39. The van der Waals surface area contributed by atoms with Crippen molar-refractivity contribution in [3.8, 4) is 0 Å². The SMILES string of the molecule is Cl.Cl.NCCCC[C@H](N)C(=O)Nc1ccc([N+](=O)[O-])cc1. The highest BCUT2D eigenvalue weighted by Gasteiger charge is 2.13. The number of hydrogen-bond acceptors (Lipinski definition) is 5. The largest absolute Gasteiger partial charge is 0.330 e. The molecule has 0 heterocycles. The summed E-state index contributed by atoms with van der Waals surface area (Å²) in [5.41, 5.74) is 11.5. The molecule has 0 unspecified atom stereocenters. The number of non-ortho nitro benzene ring substituents is 1. The Hall–Kier alpha value is -1.41. The van der Waals surface area contributed by atoms with Gasteiger partial charge in [0.2, 0.25) is 5.91 Å². The molecule has 1 amide bonds. The quantitative estimate of drug-likeness (QED) is 0.397. The fourth-order valence-electron chi connectivity index (χ4n) is 1.54. The lowest BCUT2D eigenvalue weighted by molar-refractivity contribution is -0.384. The summed E-state index contributed by atoms with van der Waals surface area (Å²) in [6, 6.07) is 5.01. The zero-order valence-corrected chi connectivity index (χ0v) is 13.0. The number of anilines is 1. The van der Waals surface area contributed by atoms with Gasteiger partial charge >= 0.3 is 0 Å². The molecule has 120 valence electrons. The lowest BCUT2D eigenvalue weighted by atomic mass is 10.1. The van der Waals surface area contributed by atoms with Crippen LogP contribution in [0.15, 0.2) is 24.3 Å². The number of nitrogens with zero attached hydrogens (tertiary/aromatic N) is 1. The van der Waals surface area contributed by atoms with Crippen LogP contribution in [-0.2, 0) is 4.79 Å². The number of carbonyl (C=O) groups excluding carboxylic acids is 1. The summed E-state index contributed by atoms with van der Waals surface area (Å²) in [4.78, 5) is 21.7. The van der Waals surface area contributed by atoms with Crippen molar-refractivity contribution in [1.82, 2.24) is 0 Å². The van der Waals surface area contributed by atoms with E-state index in [-0.39, 0.29) is 36.4 Å². The molecule has 0 aliphatic rings. The van der Waals surface area contributed by atoms with Crippen molar-refractivity contribution >= 4 is 42.1 Å². The van der Waals surface area contributed by atoms with Crippen LogP contribution in [0.25, 0.3) is 0 Å². The van der Waals surface area contributed by atoms with E-state index in [2.05, 4.69) is 5.32 Å². The van der Waals surface area contributed by atoms with Crippen molar-refractivity contribution in [3.63, 3.8) is 0 Å². The molecule has 0 fully saturated rings. The van der Waals surface area contributed by atoms with Crippen LogP contribution >= 0.6 is 24.8 Å². The van der Waals surface area contributed by atoms with Crippen LogP contribution in [0.1, 0.15) is 19.3 Å². The van der Waals surface area contributed by atoms with Crippen LogP contribution in [0, 0.1) is 10.1 Å². The van der Waals surface area contributed by atoms with E-state index in [1.807, 2.05) is 0 Å². The van der Waals surface area contributed by atoms with E-state index in [1.54, 1.807) is 0 Å². The fraction of sp³-hybridized carbons (Fsp3) is 0.417. The molecule has 21 heavy (non-hydrogen) atoms. The van der Waals surface area contributed by atoms with Crippen LogP contribution in [0.3, 0.4) is 0 Å². The van der Waals surface area contributed by atoms with Crippen molar-refractivity contribution in [2.75, 3.05) is 11.9 Å². The maximum absolute atomic E-state index is 11.7. The number of hydrogen-bond donors (Lipinski definition) is 3. The number of nitrogens with one attached hydrogen (secondary N) is 1. The molecule has 0 spiro atoms. The van der Waals surface area contributed by atoms with E-state index in [0.717, 1.165) is 12.8 Å². The molecule has 5 N–H and O–H groups in total. The monoisotopic (exact) mass is 338 g/mol. The van der Waals surface area contributed by atoms with Gasteiger partial charge < -0.3 is 16.8 Å². The number of nitro benzene ring substituents is 1. The highest BCUT2D eigenvalue weighted by molar-refractivity contribution is 5.94. The minimum Gasteiger partial charge on any atom is -0.330 e. The third-order valence-electron chi connectivity index (χ3n) is 2.65. The Labute approximate surface area is 135 Å². The predicted octanol–water partition coefficient (Wildman–Crippen LogP) is 1.83. The highest BCUT2D eigenvalue weighted by Crippen LogP contribution is 2.15. The minimum absolute atomic E-state index is 0. The second kappa shape index (κ2) is 11.3. The third-order valence-corrected chi connectivity index (χ3v) is 2.65. The molecule has 0 bridgehead atoms. The van der Waals surface area contributed by atoms with Crippen molar-refractivity contribution in [1.29, 1.82) is 0 Å². The Morgan fingerprint density at radius 3 is 2.29 bits per heavy atom. The summed E-state index contributed by atoms with van der Waals surface area (Å²) in [5.74, 6) is -0.300. The third kappa shape index (κ3) is 7.81. The highest BCUT2D eigenvalue weighted by atomic mass is 35.5. The van der Waals surface area contributed by atoms with Gasteiger partial charge in [-0.3, -0.25) is 14.9 Å². The number of amides is 1. The van der Waals surface area contributed by atoms with E-state index < -0.39 is 11.0 Å². The second-order valence-electron chi connectivity index (χ2n) is 4.18. The Morgan fingerprint density at radius 1 is 1.24 bits per heavy atom. The maximum Gasteiger partial charge on any atom is 0.269 e. The van der Waals surface area contributed by atoms with Gasteiger partial charge in [0, 0.05) is 17.8 Å². The van der Waals surface area contributed by atoms with E-state index in [1.165, 1.54) is 24.3 Å². The molecular formula is C12H20Cl2N4O3. The van der Waals surface area contributed by atoms with Gasteiger partial charge in [-0.1, -0.05) is 6.42 Å². The first kappa shape index (κ1) is 21.9. The Morgan fingerprint density at radius 2 is 1.81 bits per heavy atom. The summed E-state index contributed by atoms with van der Waals surface area (Å²) in [7, 11) is 0. The molecule has 0 saturated heterocycles. The normalized spacial score (nSPS) is 10.8. The first-order valence-electron chi connectivity index (χ1n) is 6.05. The molecule has 1 rings (SSSR count). The lowest BCUT2D eigenvalue weighted by Gasteiger charge is -2.11. The summed E-state index contributed by atoms with van der Waals surface area (Å²) in [5, 5.41) is 13.1. The predicted molar refractivity (Wildman–Crippen MR) is 87.1 cm³/mol. The second-order valence-corrected chi connectivity index (χ2v) is 4.18. The molecule has 1 atom stereocenters. The van der Waals surface area contributed by atoms with Gasteiger partial charge in [-0.05, 0) is 31.5 Å². The zero-order valence-electron chi connectivity index (χ0n) is 11.4. The lowest BCUT2D eigenvalue weighted by Crippen LogP contribution is -2.35. The summed E-state index contributed by atoms with van der Waals surface area (Å²) < 4.78 is 0. The van der Waals surface area contributed by atoms with E-state index in [0.29, 0.717) is 18.7 Å². The van der Waals surface area contributed by atoms with Gasteiger partial charge in [0.25, 0.3) is 5.69 Å². The molecule has 0 aromatic heterocycles. The number of nitro groups is 1. The molecule has 9 heteroatoms. The molecule has 1 aromatic rings. The van der Waals surface area contributed by atoms with Crippen LogP contribution in [0.4, 0.5) is 11.4 Å². The average molecular weight is 339 g/mol. The topological polar surface area (TPSA) is 124 Å². The molecule has 0 aliphatic carbocycles. The van der Waals surface area contributed by atoms with E-state index >= 15 is 0 Å². The van der Waals surface area contributed by atoms with Crippen LogP contribution in [-0.4, -0.2) is 23.4 Å². The van der Waals surface area contributed by atoms with Gasteiger partial charge in [0.1, 0.15) is 0 Å². The van der Waals surface area contributed by atoms with Crippen molar-refractivity contribution in [2.45, 2.75) is 25.3 Å². The standard InChI is InChI=1S/C12H18N4O3.2ClH/c13-8-2-1-3-11(14)12(17)15-9-4-6-10(7-5-9)16(18)19;;/h4-7,11H,1-3,8,13-14H2,(H,15,17);2*1H/t11-;;/m0../s1. The molecular weight excluding hydrogens is 319 g/mol. The number of nitrogens with two attached hydrogens (primary N) is 2. The first-order chi connectivity index (χ1) is 9.04. The van der Waals surface area contributed by atoms with E-state index in [4.69, 9.17) is 11.5 Å². The van der Waals surface area contributed by atoms with Crippen molar-refractivity contribution in [2.24, 2.45) is 11.5 Å². The zero-order chi connectivity index (χ0) is 14.3. The summed E-state index contributed by atoms with van der Waals surface area (Å²) in [6.45, 7) is 0.580. The van der Waals surface area contributed by atoms with Crippen LogP contribution < -0.4 is 16.8 Å². The number of rotatable bonds is 7. The van der Waals surface area contributed by atoms with Crippen LogP contribution in [0.5, 0.6) is 0 Å². The molecule has 1 aromatic carbocycles. The summed E-state index contributed by atoms with van der Waals surface area (Å²) >= 11 is 0. The first-order valence-corrected chi connectivity index (χ1v) is 6.05. The Balaban J connectivity index is 0. The van der Waals surface area contributed by atoms with E-state index in [9.17, 15) is 14.9 Å². The summed E-state index contributed by atoms with van der Waals surface area (Å²) in [6.07, 6.45) is 2.19.